The molecule has 9 heavy (non-hydrogen) atoms. The second-order valence-electron chi connectivity index (χ2n) is 2.38. The Morgan fingerprint density at radius 3 is 2.89 bits per heavy atom. The molecular weight excluding hydrogens is 121 g/mol. The molecule has 1 saturated heterocycles. The van der Waals surface area contributed by atoms with Crippen LogP contribution in [0.5, 0.6) is 0 Å². The number of hydrogen-bond acceptors (Lipinski definition) is 2. The second kappa shape index (κ2) is 3.13. The molecule has 0 aliphatic carbocycles. The lowest BCUT2D eigenvalue weighted by molar-refractivity contribution is -0.0375. The third-order valence-electron chi connectivity index (χ3n) is 1.40. The summed E-state index contributed by atoms with van der Waals surface area (Å²) in [6, 6.07) is 0. The van der Waals surface area contributed by atoms with Crippen LogP contribution in [0.2, 0.25) is 0 Å². The summed E-state index contributed by atoms with van der Waals surface area (Å²) in [6.45, 7) is 3.06. The lowest BCUT2D eigenvalue weighted by Crippen LogP contribution is -2.44. The number of rotatable bonds is 1. The smallest absolute Gasteiger partial charge is 0.117 e. The van der Waals surface area contributed by atoms with Crippen molar-refractivity contribution >= 4 is 0 Å². The van der Waals surface area contributed by atoms with Gasteiger partial charge in [0.25, 0.3) is 0 Å². The van der Waals surface area contributed by atoms with Crippen LogP contribution in [-0.4, -0.2) is 32.0 Å². The first kappa shape index (κ1) is 6.96. The van der Waals surface area contributed by atoms with Gasteiger partial charge in [0.2, 0.25) is 0 Å². The fraction of sp³-hybridized carbons (Fsp3) is 1.00. The van der Waals surface area contributed by atoms with Crippen LogP contribution in [-0.2, 0) is 4.74 Å². The monoisotopic (exact) mass is 133 g/mol. The first-order valence-corrected chi connectivity index (χ1v) is 3.25. The van der Waals surface area contributed by atoms with Gasteiger partial charge < -0.3 is 10.1 Å². The van der Waals surface area contributed by atoms with Gasteiger partial charge in [0.15, 0.2) is 0 Å². The van der Waals surface area contributed by atoms with Crippen LogP contribution in [0, 0.1) is 0 Å². The van der Waals surface area contributed by atoms with Gasteiger partial charge in [-0.1, -0.05) is 0 Å². The summed E-state index contributed by atoms with van der Waals surface area (Å²) in [7, 11) is 0. The van der Waals surface area contributed by atoms with E-state index >= 15 is 0 Å². The van der Waals surface area contributed by atoms with Crippen molar-refractivity contribution in [2.45, 2.75) is 19.1 Å². The molecular formula is C6H12FNO. The first-order chi connectivity index (χ1) is 4.33. The predicted octanol–water partition coefficient (Wildman–Crippen LogP) is 0.333. The molecule has 0 spiro atoms. The van der Waals surface area contributed by atoms with Crippen molar-refractivity contribution in [1.29, 1.82) is 0 Å². The number of halogens is 1. The van der Waals surface area contributed by atoms with Crippen molar-refractivity contribution in [3.8, 4) is 0 Å². The van der Waals surface area contributed by atoms with E-state index in [-0.39, 0.29) is 18.9 Å². The van der Waals surface area contributed by atoms with Gasteiger partial charge in [0, 0.05) is 13.1 Å². The fourth-order valence-corrected chi connectivity index (χ4v) is 0.963. The third-order valence-corrected chi connectivity index (χ3v) is 1.40. The molecule has 0 radical (unpaired) electrons. The summed E-state index contributed by atoms with van der Waals surface area (Å²) in [6.07, 6.45) is -0.0479. The van der Waals surface area contributed by atoms with Crippen LogP contribution in [0.15, 0.2) is 0 Å². The highest BCUT2D eigenvalue weighted by Gasteiger charge is 2.17. The number of hydrogen-bond donors (Lipinski definition) is 1. The van der Waals surface area contributed by atoms with E-state index in [1.54, 1.807) is 0 Å². The summed E-state index contributed by atoms with van der Waals surface area (Å²) >= 11 is 0. The minimum Gasteiger partial charge on any atom is -0.370 e. The molecule has 0 amide bonds. The molecule has 1 fully saturated rings. The van der Waals surface area contributed by atoms with Gasteiger partial charge in [-0.15, -0.1) is 0 Å². The maximum atomic E-state index is 11.9. The number of nitrogens with one attached hydrogen (secondary N) is 1. The largest absolute Gasteiger partial charge is 0.370 e. The zero-order valence-corrected chi connectivity index (χ0v) is 5.56. The molecule has 0 aromatic carbocycles. The molecule has 1 rings (SSSR count). The van der Waals surface area contributed by atoms with Crippen molar-refractivity contribution in [2.75, 3.05) is 19.8 Å². The molecule has 3 heteroatoms. The van der Waals surface area contributed by atoms with Crippen molar-refractivity contribution in [3.05, 3.63) is 0 Å². The van der Waals surface area contributed by atoms with Gasteiger partial charge in [-0.05, 0) is 6.92 Å². The van der Waals surface area contributed by atoms with E-state index in [1.807, 2.05) is 6.92 Å². The minimum absolute atomic E-state index is 0.166. The summed E-state index contributed by atoms with van der Waals surface area (Å²) in [5, 5.41) is 3.07. The van der Waals surface area contributed by atoms with E-state index in [4.69, 9.17) is 4.74 Å². The van der Waals surface area contributed by atoms with Gasteiger partial charge in [-0.25, -0.2) is 4.39 Å². The quantitative estimate of drug-likeness (QED) is 0.556. The molecule has 0 saturated carbocycles. The lowest BCUT2D eigenvalue weighted by Gasteiger charge is -2.26. The van der Waals surface area contributed by atoms with E-state index in [0.717, 1.165) is 6.54 Å². The van der Waals surface area contributed by atoms with Gasteiger partial charge >= 0.3 is 0 Å². The second-order valence-corrected chi connectivity index (χ2v) is 2.38. The van der Waals surface area contributed by atoms with Crippen LogP contribution < -0.4 is 5.32 Å². The molecule has 0 aromatic rings. The Kier molecular flexibility index (Phi) is 2.42. The average molecular weight is 133 g/mol. The third kappa shape index (κ3) is 1.91. The van der Waals surface area contributed by atoms with Gasteiger partial charge in [0.1, 0.15) is 6.67 Å². The number of morpholine rings is 1. The van der Waals surface area contributed by atoms with Gasteiger partial charge in [0.05, 0.1) is 12.2 Å². The molecule has 0 aromatic heterocycles. The Bertz CT molecular complexity index is 89.1. The van der Waals surface area contributed by atoms with E-state index in [2.05, 4.69) is 5.32 Å². The predicted molar refractivity (Wildman–Crippen MR) is 33.2 cm³/mol. The Balaban J connectivity index is 2.23. The molecule has 1 heterocycles. The zero-order valence-electron chi connectivity index (χ0n) is 5.56. The molecule has 1 N–H and O–H groups in total. The highest BCUT2D eigenvalue weighted by molar-refractivity contribution is 4.70. The fourth-order valence-electron chi connectivity index (χ4n) is 0.963. The molecule has 2 atom stereocenters. The Morgan fingerprint density at radius 2 is 2.44 bits per heavy atom. The summed E-state index contributed by atoms with van der Waals surface area (Å²) in [5.74, 6) is 0. The normalized spacial score (nSPS) is 36.7. The van der Waals surface area contributed by atoms with Crippen LogP contribution >= 0.6 is 0 Å². The average Bonchev–Trinajstić information content (AvgIpc) is 1.88. The van der Waals surface area contributed by atoms with Crippen molar-refractivity contribution < 1.29 is 9.13 Å². The van der Waals surface area contributed by atoms with Gasteiger partial charge in [-0.2, -0.15) is 0 Å². The Hall–Kier alpha value is -0.150. The van der Waals surface area contributed by atoms with Crippen LogP contribution in [0.4, 0.5) is 4.39 Å². The molecule has 1 aliphatic rings. The first-order valence-electron chi connectivity index (χ1n) is 3.25. The number of ether oxygens (including phenoxy) is 1. The van der Waals surface area contributed by atoms with Crippen molar-refractivity contribution in [1.82, 2.24) is 5.32 Å². The topological polar surface area (TPSA) is 21.3 Å². The SMILES string of the molecule is C[C@@H]1CNC[C@H](CF)O1. The highest BCUT2D eigenvalue weighted by atomic mass is 19.1. The van der Waals surface area contributed by atoms with E-state index in [9.17, 15) is 4.39 Å². The van der Waals surface area contributed by atoms with E-state index in [0.29, 0.717) is 6.54 Å². The molecule has 2 nitrogen and oxygen atoms in total. The van der Waals surface area contributed by atoms with E-state index < -0.39 is 0 Å². The van der Waals surface area contributed by atoms with Crippen molar-refractivity contribution in [3.63, 3.8) is 0 Å². The van der Waals surface area contributed by atoms with Crippen LogP contribution in [0.25, 0.3) is 0 Å². The molecule has 0 unspecified atom stereocenters. The van der Waals surface area contributed by atoms with Crippen LogP contribution in [0.1, 0.15) is 6.92 Å². The Labute approximate surface area is 54.4 Å². The van der Waals surface area contributed by atoms with Crippen LogP contribution in [0.3, 0.4) is 0 Å². The summed E-state index contributed by atoms with van der Waals surface area (Å²) in [5.41, 5.74) is 0. The highest BCUT2D eigenvalue weighted by Crippen LogP contribution is 2.02. The maximum Gasteiger partial charge on any atom is 0.117 e. The Morgan fingerprint density at radius 1 is 1.67 bits per heavy atom. The number of alkyl halides is 1. The zero-order chi connectivity index (χ0) is 6.69. The van der Waals surface area contributed by atoms with Gasteiger partial charge in [-0.3, -0.25) is 0 Å². The molecule has 54 valence electrons. The maximum absolute atomic E-state index is 11.9. The van der Waals surface area contributed by atoms with Crippen molar-refractivity contribution in [2.24, 2.45) is 0 Å². The standard InChI is InChI=1S/C6H12FNO/c1-5-3-8-4-6(2-7)9-5/h5-6,8H,2-4H2,1H3/t5-,6+/m1/s1. The minimum atomic E-state index is -0.378. The molecule has 0 bridgehead atoms. The summed E-state index contributed by atoms with van der Waals surface area (Å²) < 4.78 is 17.1. The molecule has 1 aliphatic heterocycles. The lowest BCUT2D eigenvalue weighted by atomic mass is 10.3. The summed E-state index contributed by atoms with van der Waals surface area (Å²) in [4.78, 5) is 0. The van der Waals surface area contributed by atoms with E-state index in [1.165, 1.54) is 0 Å².